The largest absolute Gasteiger partial charge is 0.439 e. The van der Waals surface area contributed by atoms with Gasteiger partial charge in [0.2, 0.25) is 0 Å². The van der Waals surface area contributed by atoms with Gasteiger partial charge in [-0.3, -0.25) is 0 Å². The monoisotopic (exact) mass is 311 g/mol. The van der Waals surface area contributed by atoms with Crippen LogP contribution in [0.4, 0.5) is 4.79 Å². The molecule has 2 N–H and O–H groups in total. The maximum atomic E-state index is 12.0. The van der Waals surface area contributed by atoms with Crippen LogP contribution in [-0.4, -0.2) is 23.3 Å². The third-order valence-corrected chi connectivity index (χ3v) is 4.16. The van der Waals surface area contributed by atoms with Crippen LogP contribution in [0.1, 0.15) is 50.7 Å². The number of halogens is 1. The van der Waals surface area contributed by atoms with Crippen molar-refractivity contribution in [3.63, 3.8) is 0 Å². The molecular formula is C16H22ClNO3. The van der Waals surface area contributed by atoms with E-state index in [2.05, 4.69) is 5.32 Å². The first-order valence-electron chi connectivity index (χ1n) is 7.47. The molecule has 1 fully saturated rings. The van der Waals surface area contributed by atoms with E-state index < -0.39 is 18.3 Å². The molecule has 5 heteroatoms. The van der Waals surface area contributed by atoms with E-state index in [9.17, 15) is 9.90 Å². The zero-order valence-electron chi connectivity index (χ0n) is 12.2. The van der Waals surface area contributed by atoms with Crippen LogP contribution in [0.5, 0.6) is 0 Å². The molecule has 0 radical (unpaired) electrons. The maximum absolute atomic E-state index is 12.0. The van der Waals surface area contributed by atoms with E-state index in [-0.39, 0.29) is 6.04 Å². The van der Waals surface area contributed by atoms with E-state index in [1.165, 1.54) is 6.42 Å². The molecule has 0 heterocycles. The van der Waals surface area contributed by atoms with Crippen LogP contribution in [0.3, 0.4) is 0 Å². The normalized spacial score (nSPS) is 18.8. The van der Waals surface area contributed by atoms with Crippen molar-refractivity contribution in [1.82, 2.24) is 5.32 Å². The quantitative estimate of drug-likeness (QED) is 0.888. The molecule has 21 heavy (non-hydrogen) atoms. The van der Waals surface area contributed by atoms with Crippen molar-refractivity contribution in [2.75, 3.05) is 0 Å². The van der Waals surface area contributed by atoms with Crippen LogP contribution in [-0.2, 0) is 4.74 Å². The van der Waals surface area contributed by atoms with Crippen molar-refractivity contribution in [2.24, 2.45) is 0 Å². The Morgan fingerprint density at radius 1 is 1.33 bits per heavy atom. The molecule has 1 aromatic carbocycles. The molecule has 0 saturated heterocycles. The summed E-state index contributed by atoms with van der Waals surface area (Å²) in [5.41, 5.74) is 0.618. The minimum absolute atomic E-state index is 0.173. The van der Waals surface area contributed by atoms with Crippen molar-refractivity contribution in [2.45, 2.75) is 57.3 Å². The van der Waals surface area contributed by atoms with Gasteiger partial charge in [-0.2, -0.15) is 0 Å². The first kappa shape index (κ1) is 16.1. The Labute approximate surface area is 130 Å². The molecule has 1 saturated carbocycles. The van der Waals surface area contributed by atoms with E-state index in [1.807, 2.05) is 0 Å². The summed E-state index contributed by atoms with van der Waals surface area (Å²) in [7, 11) is 0. The highest BCUT2D eigenvalue weighted by atomic mass is 35.5. The number of aliphatic hydroxyl groups excluding tert-OH is 1. The second-order valence-electron chi connectivity index (χ2n) is 5.57. The zero-order chi connectivity index (χ0) is 15.2. The minimum Gasteiger partial charge on any atom is -0.439 e. The fourth-order valence-electron chi connectivity index (χ4n) is 2.69. The van der Waals surface area contributed by atoms with Crippen LogP contribution >= 0.6 is 11.6 Å². The van der Waals surface area contributed by atoms with Gasteiger partial charge in [0, 0.05) is 16.6 Å². The van der Waals surface area contributed by atoms with Crippen LogP contribution in [0, 0.1) is 0 Å². The van der Waals surface area contributed by atoms with Crippen molar-refractivity contribution >= 4 is 17.7 Å². The molecule has 1 aromatic rings. The lowest BCUT2D eigenvalue weighted by Crippen LogP contribution is -2.38. The number of hydrogen-bond acceptors (Lipinski definition) is 3. The highest BCUT2D eigenvalue weighted by Crippen LogP contribution is 2.28. The highest BCUT2D eigenvalue weighted by Gasteiger charge is 2.25. The van der Waals surface area contributed by atoms with Crippen molar-refractivity contribution < 1.29 is 14.6 Å². The average molecular weight is 312 g/mol. The molecule has 2 atom stereocenters. The number of carbonyl (C=O) groups is 1. The topological polar surface area (TPSA) is 58.6 Å². The highest BCUT2D eigenvalue weighted by molar-refractivity contribution is 6.31. The first-order chi connectivity index (χ1) is 10.1. The summed E-state index contributed by atoms with van der Waals surface area (Å²) in [6.07, 6.45) is 3.38. The van der Waals surface area contributed by atoms with Crippen molar-refractivity contribution in [3.05, 3.63) is 34.9 Å². The summed E-state index contributed by atoms with van der Waals surface area (Å²) in [5, 5.41) is 13.2. The third-order valence-electron chi connectivity index (χ3n) is 3.81. The summed E-state index contributed by atoms with van der Waals surface area (Å²) < 4.78 is 5.40. The summed E-state index contributed by atoms with van der Waals surface area (Å²) >= 11 is 6.12. The molecule has 116 valence electrons. The molecule has 1 amide bonds. The fourth-order valence-corrected chi connectivity index (χ4v) is 2.93. The summed E-state index contributed by atoms with van der Waals surface area (Å²) in [6.45, 7) is 1.59. The number of nitrogens with one attached hydrogen (secondary N) is 1. The Balaban J connectivity index is 1.99. The Morgan fingerprint density at radius 2 is 2.00 bits per heavy atom. The van der Waals surface area contributed by atoms with Crippen LogP contribution in [0.15, 0.2) is 24.3 Å². The molecule has 0 spiro atoms. The van der Waals surface area contributed by atoms with Gasteiger partial charge < -0.3 is 15.2 Å². The molecule has 1 aliphatic rings. The van der Waals surface area contributed by atoms with E-state index in [4.69, 9.17) is 16.3 Å². The molecule has 2 rings (SSSR count). The number of ether oxygens (including phenoxy) is 1. The van der Waals surface area contributed by atoms with Gasteiger partial charge in [-0.1, -0.05) is 49.1 Å². The van der Waals surface area contributed by atoms with Crippen LogP contribution < -0.4 is 5.32 Å². The second-order valence-corrected chi connectivity index (χ2v) is 5.97. The summed E-state index contributed by atoms with van der Waals surface area (Å²) in [4.78, 5) is 12.0. The van der Waals surface area contributed by atoms with Gasteiger partial charge in [-0.05, 0) is 25.8 Å². The first-order valence-corrected chi connectivity index (χ1v) is 7.85. The molecule has 4 nitrogen and oxygen atoms in total. The third kappa shape index (κ3) is 4.61. The number of rotatable bonds is 4. The zero-order valence-corrected chi connectivity index (χ0v) is 13.0. The molecule has 2 unspecified atom stereocenters. The lowest BCUT2D eigenvalue weighted by molar-refractivity contribution is 0.00901. The SMILES string of the molecule is CC(O)C(OC(=O)NC1CCCCC1)c1ccccc1Cl. The molecular weight excluding hydrogens is 290 g/mol. The van der Waals surface area contributed by atoms with Gasteiger partial charge in [-0.15, -0.1) is 0 Å². The smallest absolute Gasteiger partial charge is 0.408 e. The Morgan fingerprint density at radius 3 is 2.62 bits per heavy atom. The van der Waals surface area contributed by atoms with Gasteiger partial charge in [0.05, 0.1) is 6.10 Å². The lowest BCUT2D eigenvalue weighted by Gasteiger charge is -2.26. The maximum Gasteiger partial charge on any atom is 0.408 e. The summed E-state index contributed by atoms with van der Waals surface area (Å²) in [6, 6.07) is 7.25. The van der Waals surface area contributed by atoms with E-state index in [1.54, 1.807) is 31.2 Å². The predicted octanol–water partition coefficient (Wildman–Crippen LogP) is 3.82. The average Bonchev–Trinajstić information content (AvgIpc) is 2.46. The van der Waals surface area contributed by atoms with Gasteiger partial charge in [0.25, 0.3) is 0 Å². The molecule has 0 aliphatic heterocycles. The van der Waals surface area contributed by atoms with E-state index in [0.29, 0.717) is 10.6 Å². The molecule has 0 bridgehead atoms. The van der Waals surface area contributed by atoms with E-state index >= 15 is 0 Å². The van der Waals surface area contributed by atoms with Crippen LogP contribution in [0.25, 0.3) is 0 Å². The molecule has 1 aliphatic carbocycles. The summed E-state index contributed by atoms with van der Waals surface area (Å²) in [5.74, 6) is 0. The number of alkyl carbamates (subject to hydrolysis) is 1. The van der Waals surface area contributed by atoms with Gasteiger partial charge in [-0.25, -0.2) is 4.79 Å². The lowest BCUT2D eigenvalue weighted by atomic mass is 9.96. The number of aliphatic hydroxyl groups is 1. The Kier molecular flexibility index (Phi) is 5.88. The number of amides is 1. The van der Waals surface area contributed by atoms with Gasteiger partial charge in [0.1, 0.15) is 0 Å². The number of hydrogen-bond donors (Lipinski definition) is 2. The number of carbonyl (C=O) groups excluding carboxylic acids is 1. The number of benzene rings is 1. The minimum atomic E-state index is -0.831. The predicted molar refractivity (Wildman–Crippen MR) is 82.4 cm³/mol. The molecule has 0 aromatic heterocycles. The van der Waals surface area contributed by atoms with Crippen LogP contribution in [0.2, 0.25) is 5.02 Å². The standard InChI is InChI=1S/C16H22ClNO3/c1-11(19)15(13-9-5-6-10-14(13)17)21-16(20)18-12-7-3-2-4-8-12/h5-6,9-12,15,19H,2-4,7-8H2,1H3,(H,18,20). The van der Waals surface area contributed by atoms with Crippen molar-refractivity contribution in [3.8, 4) is 0 Å². The van der Waals surface area contributed by atoms with Crippen molar-refractivity contribution in [1.29, 1.82) is 0 Å². The van der Waals surface area contributed by atoms with Gasteiger partial charge in [0.15, 0.2) is 6.10 Å². The Bertz CT molecular complexity index is 472. The fraction of sp³-hybridized carbons (Fsp3) is 0.562. The van der Waals surface area contributed by atoms with E-state index in [0.717, 1.165) is 25.7 Å². The Hall–Kier alpha value is -1.26. The second kappa shape index (κ2) is 7.66. The van der Waals surface area contributed by atoms with Gasteiger partial charge >= 0.3 is 6.09 Å².